The van der Waals surface area contributed by atoms with Crippen LogP contribution >= 0.6 is 55.0 Å². The Morgan fingerprint density at radius 3 is 2.39 bits per heavy atom. The number of nitrogens with one attached hydrogen (secondary N) is 2. The number of amides is 3. The van der Waals surface area contributed by atoms with E-state index in [9.17, 15) is 32.3 Å². The summed E-state index contributed by atoms with van der Waals surface area (Å²) >= 11 is 9.60. The molecule has 4 aromatic rings. The van der Waals surface area contributed by atoms with Crippen LogP contribution in [0.15, 0.2) is 85.5 Å². The van der Waals surface area contributed by atoms with Crippen LogP contribution in [0.3, 0.4) is 0 Å². The average Bonchev–Trinajstić information content (AvgIpc) is 3.79. The molecule has 2 N–H and O–H groups in total. The van der Waals surface area contributed by atoms with Gasteiger partial charge in [0.25, 0.3) is 5.91 Å². The van der Waals surface area contributed by atoms with Crippen molar-refractivity contribution in [2.75, 3.05) is 16.8 Å². The molecule has 8 nitrogen and oxygen atoms in total. The minimum absolute atomic E-state index is 0.0791. The van der Waals surface area contributed by atoms with E-state index in [-0.39, 0.29) is 45.4 Å². The molecule has 15 heteroatoms. The number of fused-ring (bicyclic) bond motifs is 9. The van der Waals surface area contributed by atoms with Gasteiger partial charge in [-0.3, -0.25) is 24.1 Å². The molecule has 7 atom stereocenters. The Morgan fingerprint density at radius 1 is 0.959 bits per heavy atom. The van der Waals surface area contributed by atoms with Gasteiger partial charge in [-0.25, -0.2) is 0 Å². The maximum atomic E-state index is 14.1. The number of nitrogens with zero attached hydrogens (tertiary/aromatic N) is 1. The summed E-state index contributed by atoms with van der Waals surface area (Å²) in [6.45, 7) is -0.571. The highest BCUT2D eigenvalue weighted by Gasteiger charge is 2.70. The predicted octanol–water partition coefficient (Wildman–Crippen LogP) is 7.68. The van der Waals surface area contributed by atoms with Gasteiger partial charge in [-0.15, -0.1) is 11.8 Å². The number of ether oxygens (including phenoxy) is 1. The van der Waals surface area contributed by atoms with E-state index >= 15 is 0 Å². The van der Waals surface area contributed by atoms with Crippen LogP contribution in [0.4, 0.5) is 24.5 Å². The molecule has 2 aliphatic heterocycles. The summed E-state index contributed by atoms with van der Waals surface area (Å²) in [5.41, 5.74) is -0.142. The number of carbonyl (C=O) groups is 3. The van der Waals surface area contributed by atoms with Crippen molar-refractivity contribution in [3.8, 4) is 5.75 Å². The molecule has 2 bridgehead atoms. The number of thiazole rings is 1. The number of benzene rings is 3. The standard InChI is InChI=1S/C34H24Br2F3N3O5S2/c35-14-5-8-16(9-6-14)42-31(44)26-18-12-19(27(26)32(42)45)28-25(18)24(29-30(48-28)41-33(46)49-29)17-11-15(36)7-10-22(17)47-13-23(43)40-21-4-2-1-3-20(21)34(37,38)39/h1-11,18-19,24-28H,12-13H2,(H,40,43)(H,41,46)/t18-,19-,24-,25?,26?,27?,28?/m1/s1. The molecule has 1 saturated heterocycles. The molecular formula is C34H24Br2F3N3O5S2. The monoisotopic (exact) mass is 833 g/mol. The number of aromatic amines is 1. The van der Waals surface area contributed by atoms with Crippen molar-refractivity contribution >= 4 is 84.1 Å². The Bertz CT molecular complexity index is 2090. The van der Waals surface area contributed by atoms with Crippen molar-refractivity contribution in [1.82, 2.24) is 4.98 Å². The lowest BCUT2D eigenvalue weighted by Crippen LogP contribution is -2.42. The van der Waals surface area contributed by atoms with E-state index in [1.54, 1.807) is 48.2 Å². The molecule has 2 saturated carbocycles. The number of carbonyl (C=O) groups excluding carboxylic acids is 3. The van der Waals surface area contributed by atoms with Gasteiger partial charge in [0.1, 0.15) is 5.75 Å². The summed E-state index contributed by atoms with van der Waals surface area (Å²) in [6.07, 6.45) is -3.97. The van der Waals surface area contributed by atoms with Crippen molar-refractivity contribution in [1.29, 1.82) is 0 Å². The minimum atomic E-state index is -4.66. The summed E-state index contributed by atoms with van der Waals surface area (Å²) in [4.78, 5) is 58.5. The molecule has 3 aromatic carbocycles. The van der Waals surface area contributed by atoms with Crippen molar-refractivity contribution in [2.45, 2.75) is 28.8 Å². The van der Waals surface area contributed by atoms with Gasteiger partial charge >= 0.3 is 11.0 Å². The van der Waals surface area contributed by atoms with Gasteiger partial charge < -0.3 is 15.0 Å². The lowest BCUT2D eigenvalue weighted by molar-refractivity contribution is -0.137. The van der Waals surface area contributed by atoms with Crippen LogP contribution in [0.1, 0.15) is 28.3 Å². The Labute approximate surface area is 302 Å². The zero-order chi connectivity index (χ0) is 34.4. The predicted molar refractivity (Wildman–Crippen MR) is 185 cm³/mol. The number of anilines is 2. The summed E-state index contributed by atoms with van der Waals surface area (Å²) in [7, 11) is 0. The molecule has 1 aromatic heterocycles. The van der Waals surface area contributed by atoms with E-state index in [2.05, 4.69) is 42.2 Å². The minimum Gasteiger partial charge on any atom is -0.483 e. The lowest BCUT2D eigenvalue weighted by Gasteiger charge is -2.43. The molecule has 3 amide bonds. The van der Waals surface area contributed by atoms with E-state index in [0.717, 1.165) is 26.8 Å². The second kappa shape index (κ2) is 12.1. The number of H-pyrrole nitrogens is 1. The zero-order valence-corrected chi connectivity index (χ0v) is 29.8. The van der Waals surface area contributed by atoms with E-state index in [0.29, 0.717) is 32.9 Å². The highest BCUT2D eigenvalue weighted by atomic mass is 79.9. The molecule has 4 unspecified atom stereocenters. The number of rotatable bonds is 6. The van der Waals surface area contributed by atoms with Crippen LogP contribution in [-0.2, 0) is 20.6 Å². The van der Waals surface area contributed by atoms with E-state index in [1.165, 1.54) is 23.1 Å². The maximum Gasteiger partial charge on any atom is 0.418 e. The number of alkyl halides is 3. The fourth-order valence-electron chi connectivity index (χ4n) is 8.27. The van der Waals surface area contributed by atoms with Crippen LogP contribution in [-0.4, -0.2) is 34.6 Å². The number of hydrogen-bond donors (Lipinski definition) is 2. The number of para-hydroxylation sites is 1. The van der Waals surface area contributed by atoms with Crippen LogP contribution in [0, 0.1) is 29.6 Å². The third-order valence-corrected chi connectivity index (χ3v) is 13.6. The van der Waals surface area contributed by atoms with Crippen molar-refractivity contribution < 1.29 is 32.3 Å². The highest BCUT2D eigenvalue weighted by Crippen LogP contribution is 2.69. The molecule has 0 spiro atoms. The van der Waals surface area contributed by atoms with E-state index in [4.69, 9.17) is 4.74 Å². The largest absolute Gasteiger partial charge is 0.483 e. The SMILES string of the molecule is O=C(COc1ccc(Br)cc1[C@H]1c2sc(=O)[nH]c2SC2C1[C@H]1C[C@@H]2C2C(=O)N(c3ccc(Br)cc3)C(=O)C21)Nc1ccccc1C(F)(F)F. The molecule has 49 heavy (non-hydrogen) atoms. The molecular weight excluding hydrogens is 811 g/mol. The highest BCUT2D eigenvalue weighted by molar-refractivity contribution is 9.10. The zero-order valence-electron chi connectivity index (χ0n) is 25.0. The second-order valence-corrected chi connectivity index (χ2v) is 16.5. The number of aromatic nitrogens is 1. The van der Waals surface area contributed by atoms with Crippen LogP contribution in [0.5, 0.6) is 5.75 Å². The van der Waals surface area contributed by atoms with Crippen LogP contribution < -0.4 is 19.8 Å². The third kappa shape index (κ3) is 5.47. The van der Waals surface area contributed by atoms with E-state index in [1.807, 2.05) is 6.07 Å². The van der Waals surface area contributed by atoms with Gasteiger partial charge in [-0.1, -0.05) is 55.3 Å². The van der Waals surface area contributed by atoms with E-state index < -0.39 is 42.0 Å². The molecule has 0 radical (unpaired) electrons. The summed E-state index contributed by atoms with van der Waals surface area (Å²) < 4.78 is 48.2. The third-order valence-electron chi connectivity index (χ3n) is 9.98. The van der Waals surface area contributed by atoms with Gasteiger partial charge in [-0.2, -0.15) is 13.2 Å². The topological polar surface area (TPSA) is 109 Å². The summed E-state index contributed by atoms with van der Waals surface area (Å²) in [5, 5.41) is 2.94. The molecule has 4 aliphatic rings. The second-order valence-electron chi connectivity index (χ2n) is 12.5. The van der Waals surface area contributed by atoms with Crippen molar-refractivity contribution in [3.05, 3.63) is 101 Å². The van der Waals surface area contributed by atoms with Gasteiger partial charge in [-0.05, 0) is 78.8 Å². The smallest absolute Gasteiger partial charge is 0.418 e. The fraction of sp³-hybridized carbons (Fsp3) is 0.294. The summed E-state index contributed by atoms with van der Waals surface area (Å²) in [5.74, 6) is -2.66. The number of halogens is 5. The van der Waals surface area contributed by atoms with Gasteiger partial charge in [0, 0.05) is 30.6 Å². The summed E-state index contributed by atoms with van der Waals surface area (Å²) in [6, 6.07) is 17.1. The fourth-order valence-corrected chi connectivity index (χ4v) is 11.8. The normalized spacial score (nSPS) is 26.8. The molecule has 3 fully saturated rings. The first-order valence-corrected chi connectivity index (χ1v) is 18.6. The number of thioether (sulfide) groups is 1. The van der Waals surface area contributed by atoms with Crippen molar-refractivity contribution in [2.24, 2.45) is 29.6 Å². The Balaban J connectivity index is 1.12. The van der Waals surface area contributed by atoms with Crippen molar-refractivity contribution in [3.63, 3.8) is 0 Å². The first kappa shape index (κ1) is 32.8. The molecule has 3 heterocycles. The van der Waals surface area contributed by atoms with Crippen LogP contribution in [0.25, 0.3) is 0 Å². The first-order chi connectivity index (χ1) is 23.4. The number of imide groups is 1. The lowest BCUT2D eigenvalue weighted by atomic mass is 9.68. The van der Waals surface area contributed by atoms with Gasteiger partial charge in [0.15, 0.2) is 6.61 Å². The molecule has 2 aliphatic carbocycles. The van der Waals surface area contributed by atoms with Gasteiger partial charge in [0.2, 0.25) is 11.8 Å². The quantitative estimate of drug-likeness (QED) is 0.193. The molecule has 252 valence electrons. The Hall–Kier alpha value is -3.40. The Morgan fingerprint density at radius 2 is 1.65 bits per heavy atom. The number of hydrogen-bond acceptors (Lipinski definition) is 7. The first-order valence-electron chi connectivity index (χ1n) is 15.3. The molecule has 8 rings (SSSR count). The van der Waals surface area contributed by atoms with Gasteiger partial charge in [0.05, 0.1) is 33.8 Å². The Kier molecular flexibility index (Phi) is 8.12. The van der Waals surface area contributed by atoms with Crippen LogP contribution in [0.2, 0.25) is 0 Å². The average molecular weight is 836 g/mol. The maximum absolute atomic E-state index is 14.1.